The fourth-order valence-electron chi connectivity index (χ4n) is 3.76. The number of amides is 1. The van der Waals surface area contributed by atoms with Crippen LogP contribution in [0.2, 0.25) is 0 Å². The van der Waals surface area contributed by atoms with Gasteiger partial charge in [0.2, 0.25) is 5.91 Å². The van der Waals surface area contributed by atoms with E-state index in [1.165, 1.54) is 6.92 Å². The van der Waals surface area contributed by atoms with Gasteiger partial charge in [-0.05, 0) is 62.4 Å². The summed E-state index contributed by atoms with van der Waals surface area (Å²) in [5.41, 5.74) is 4.80. The Balaban J connectivity index is 1.99. The quantitative estimate of drug-likeness (QED) is 0.893. The van der Waals surface area contributed by atoms with Crippen LogP contribution >= 0.6 is 0 Å². The number of fused-ring (bicyclic) bond motifs is 1. The van der Waals surface area contributed by atoms with Gasteiger partial charge in [-0.25, -0.2) is 8.42 Å². The van der Waals surface area contributed by atoms with Gasteiger partial charge in [-0.2, -0.15) is 0 Å². The van der Waals surface area contributed by atoms with Crippen LogP contribution in [0.4, 0.5) is 11.4 Å². The zero-order valence-electron chi connectivity index (χ0n) is 15.6. The molecule has 1 aliphatic heterocycles. The Kier molecular flexibility index (Phi) is 4.80. The van der Waals surface area contributed by atoms with Crippen molar-refractivity contribution < 1.29 is 13.2 Å². The second-order valence-corrected chi connectivity index (χ2v) is 8.57. The third kappa shape index (κ3) is 3.46. The number of sulfonamides is 1. The Bertz CT molecular complexity index is 958. The van der Waals surface area contributed by atoms with Crippen LogP contribution in [0.3, 0.4) is 0 Å². The third-order valence-corrected chi connectivity index (χ3v) is 6.40. The van der Waals surface area contributed by atoms with Crippen molar-refractivity contribution in [3.63, 3.8) is 0 Å². The molecule has 0 atom stereocenters. The highest BCUT2D eigenvalue weighted by atomic mass is 32.2. The van der Waals surface area contributed by atoms with E-state index in [0.29, 0.717) is 17.1 Å². The van der Waals surface area contributed by atoms with Crippen molar-refractivity contribution in [2.45, 2.75) is 45.4 Å². The molecule has 1 aliphatic rings. The molecule has 6 heteroatoms. The first-order valence-corrected chi connectivity index (χ1v) is 10.2. The topological polar surface area (TPSA) is 66.5 Å². The highest BCUT2D eigenvalue weighted by molar-refractivity contribution is 7.92. The van der Waals surface area contributed by atoms with E-state index in [1.807, 2.05) is 25.1 Å². The summed E-state index contributed by atoms with van der Waals surface area (Å²) in [6.07, 6.45) is 1.81. The molecule has 2 aromatic rings. The molecule has 3 rings (SSSR count). The molecule has 1 heterocycles. The summed E-state index contributed by atoms with van der Waals surface area (Å²) in [6.45, 7) is 7.75. The fourth-order valence-corrected chi connectivity index (χ4v) is 5.27. The summed E-state index contributed by atoms with van der Waals surface area (Å²) >= 11 is 0. The van der Waals surface area contributed by atoms with Gasteiger partial charge in [0.15, 0.2) is 0 Å². The second-order valence-electron chi connectivity index (χ2n) is 6.95. The molecular formula is C20H24N2O3S. The number of benzene rings is 2. The van der Waals surface area contributed by atoms with Crippen LogP contribution in [-0.2, 0) is 21.2 Å². The number of nitrogens with zero attached hydrogens (tertiary/aromatic N) is 1. The number of nitrogens with one attached hydrogen (secondary N) is 1. The third-order valence-electron chi connectivity index (χ3n) is 4.71. The van der Waals surface area contributed by atoms with Crippen LogP contribution in [-0.4, -0.2) is 20.9 Å². The minimum absolute atomic E-state index is 0.0313. The van der Waals surface area contributed by atoms with E-state index in [2.05, 4.69) is 4.72 Å². The predicted molar refractivity (Wildman–Crippen MR) is 104 cm³/mol. The molecule has 0 unspecified atom stereocenters. The zero-order valence-corrected chi connectivity index (χ0v) is 16.4. The van der Waals surface area contributed by atoms with Gasteiger partial charge in [-0.1, -0.05) is 23.8 Å². The van der Waals surface area contributed by atoms with Gasteiger partial charge in [-0.15, -0.1) is 0 Å². The van der Waals surface area contributed by atoms with E-state index in [-0.39, 0.29) is 5.91 Å². The summed E-state index contributed by atoms with van der Waals surface area (Å²) in [7, 11) is -3.71. The smallest absolute Gasteiger partial charge is 0.262 e. The Labute approximate surface area is 155 Å². The average molecular weight is 372 g/mol. The number of hydrogen-bond donors (Lipinski definition) is 1. The van der Waals surface area contributed by atoms with Crippen LogP contribution in [0.5, 0.6) is 0 Å². The number of carbonyl (C=O) groups is 1. The monoisotopic (exact) mass is 372 g/mol. The SMILES string of the molecule is CC(=O)N1CCCc2ccc(NS(=O)(=O)c3c(C)cc(C)cc3C)cc21. The van der Waals surface area contributed by atoms with E-state index >= 15 is 0 Å². The lowest BCUT2D eigenvalue weighted by Crippen LogP contribution is -2.33. The average Bonchev–Trinajstić information content (AvgIpc) is 2.52. The molecule has 0 fully saturated rings. The molecule has 0 radical (unpaired) electrons. The molecular weight excluding hydrogens is 348 g/mol. The molecule has 2 aromatic carbocycles. The Morgan fingerprint density at radius 1 is 1.08 bits per heavy atom. The maximum atomic E-state index is 12.9. The first kappa shape index (κ1) is 18.5. The minimum Gasteiger partial charge on any atom is -0.312 e. The molecule has 1 N–H and O–H groups in total. The lowest BCUT2D eigenvalue weighted by molar-refractivity contribution is -0.116. The van der Waals surface area contributed by atoms with Gasteiger partial charge in [0.25, 0.3) is 10.0 Å². The summed E-state index contributed by atoms with van der Waals surface area (Å²) in [5.74, 6) is -0.0313. The number of anilines is 2. The largest absolute Gasteiger partial charge is 0.312 e. The Hall–Kier alpha value is -2.34. The molecule has 138 valence electrons. The second kappa shape index (κ2) is 6.76. The molecule has 0 saturated heterocycles. The highest BCUT2D eigenvalue weighted by Gasteiger charge is 2.23. The van der Waals surface area contributed by atoms with Crippen molar-refractivity contribution in [3.05, 3.63) is 52.6 Å². The lowest BCUT2D eigenvalue weighted by atomic mass is 10.0. The van der Waals surface area contributed by atoms with Crippen molar-refractivity contribution in [2.24, 2.45) is 0 Å². The van der Waals surface area contributed by atoms with Gasteiger partial charge in [-0.3, -0.25) is 9.52 Å². The summed E-state index contributed by atoms with van der Waals surface area (Å²) < 4.78 is 28.6. The van der Waals surface area contributed by atoms with Gasteiger partial charge in [0, 0.05) is 19.2 Å². The van der Waals surface area contributed by atoms with Gasteiger partial charge in [0.05, 0.1) is 10.6 Å². The maximum absolute atomic E-state index is 12.9. The lowest BCUT2D eigenvalue weighted by Gasteiger charge is -2.29. The Morgan fingerprint density at radius 2 is 1.73 bits per heavy atom. The fraction of sp³-hybridized carbons (Fsp3) is 0.350. The van der Waals surface area contributed by atoms with Gasteiger partial charge < -0.3 is 4.90 Å². The van der Waals surface area contributed by atoms with Gasteiger partial charge in [0.1, 0.15) is 0 Å². The summed E-state index contributed by atoms with van der Waals surface area (Å²) in [6, 6.07) is 9.15. The van der Waals surface area contributed by atoms with Crippen LogP contribution in [0.15, 0.2) is 35.2 Å². The number of hydrogen-bond acceptors (Lipinski definition) is 3. The summed E-state index contributed by atoms with van der Waals surface area (Å²) in [4.78, 5) is 13.9. The van der Waals surface area contributed by atoms with Crippen molar-refractivity contribution in [1.29, 1.82) is 0 Å². The van der Waals surface area contributed by atoms with Crippen molar-refractivity contribution >= 4 is 27.3 Å². The van der Waals surface area contributed by atoms with Crippen LogP contribution in [0, 0.1) is 20.8 Å². The van der Waals surface area contributed by atoms with E-state index in [9.17, 15) is 13.2 Å². The summed E-state index contributed by atoms with van der Waals surface area (Å²) in [5, 5.41) is 0. The molecule has 0 spiro atoms. The Morgan fingerprint density at radius 3 is 2.35 bits per heavy atom. The molecule has 0 bridgehead atoms. The minimum atomic E-state index is -3.71. The van der Waals surface area contributed by atoms with Crippen LogP contribution < -0.4 is 9.62 Å². The first-order chi connectivity index (χ1) is 12.2. The maximum Gasteiger partial charge on any atom is 0.262 e. The van der Waals surface area contributed by atoms with E-state index < -0.39 is 10.0 Å². The number of carbonyl (C=O) groups excluding carboxylic acids is 1. The van der Waals surface area contributed by atoms with Crippen molar-refractivity contribution in [3.8, 4) is 0 Å². The van der Waals surface area contributed by atoms with Crippen LogP contribution in [0.25, 0.3) is 0 Å². The van der Waals surface area contributed by atoms with Gasteiger partial charge >= 0.3 is 0 Å². The molecule has 5 nitrogen and oxygen atoms in total. The molecule has 0 aromatic heterocycles. The molecule has 26 heavy (non-hydrogen) atoms. The molecule has 1 amide bonds. The standard InChI is InChI=1S/C20H24N2O3S/c1-13-10-14(2)20(15(3)11-13)26(24,25)21-18-8-7-17-6-5-9-22(16(4)23)19(17)12-18/h7-8,10-12,21H,5-6,9H2,1-4H3. The highest BCUT2D eigenvalue weighted by Crippen LogP contribution is 2.32. The van der Waals surface area contributed by atoms with E-state index in [4.69, 9.17) is 0 Å². The molecule has 0 aliphatic carbocycles. The van der Waals surface area contributed by atoms with E-state index in [1.54, 1.807) is 30.9 Å². The normalized spacial score (nSPS) is 14.1. The zero-order chi connectivity index (χ0) is 19.1. The van der Waals surface area contributed by atoms with Crippen LogP contribution in [0.1, 0.15) is 35.6 Å². The van der Waals surface area contributed by atoms with E-state index in [0.717, 1.165) is 40.8 Å². The van der Waals surface area contributed by atoms with Crippen molar-refractivity contribution in [1.82, 2.24) is 0 Å². The predicted octanol–water partition coefficient (Wildman–Crippen LogP) is 3.71. The van der Waals surface area contributed by atoms with Crippen molar-refractivity contribution in [2.75, 3.05) is 16.2 Å². The first-order valence-electron chi connectivity index (χ1n) is 8.71. The molecule has 0 saturated carbocycles. The number of aryl methyl sites for hydroxylation is 4. The number of rotatable bonds is 3.